The summed E-state index contributed by atoms with van der Waals surface area (Å²) in [7, 11) is 0. The molecule has 2 heterocycles. The molecule has 16 heavy (non-hydrogen) atoms. The lowest BCUT2D eigenvalue weighted by molar-refractivity contribution is 0.0949. The third kappa shape index (κ3) is 1.98. The largest absolute Gasteiger partial charge is 0.472 e. The Balaban J connectivity index is 2.04. The summed E-state index contributed by atoms with van der Waals surface area (Å²) in [6.45, 7) is 4.09. The maximum Gasteiger partial charge on any atom is 0.255 e. The smallest absolute Gasteiger partial charge is 0.255 e. The number of carbonyl (C=O) groups is 1. The number of nitrogens with one attached hydrogen (secondary N) is 2. The van der Waals surface area contributed by atoms with Gasteiger partial charge in [-0.05, 0) is 19.9 Å². The van der Waals surface area contributed by atoms with E-state index in [4.69, 9.17) is 4.42 Å². The summed E-state index contributed by atoms with van der Waals surface area (Å²) in [4.78, 5) is 11.8. The highest BCUT2D eigenvalue weighted by atomic mass is 16.3. The van der Waals surface area contributed by atoms with Crippen molar-refractivity contribution in [2.75, 3.05) is 0 Å². The van der Waals surface area contributed by atoms with Crippen molar-refractivity contribution in [2.24, 2.45) is 0 Å². The Morgan fingerprint density at radius 2 is 2.38 bits per heavy atom. The number of hydrogen-bond acceptors (Lipinski definition) is 3. The number of aromatic nitrogens is 2. The first-order valence-electron chi connectivity index (χ1n) is 4.99. The van der Waals surface area contributed by atoms with Crippen LogP contribution in [0.3, 0.4) is 0 Å². The minimum absolute atomic E-state index is 0.120. The normalized spacial score (nSPS) is 10.4. The van der Waals surface area contributed by atoms with E-state index >= 15 is 0 Å². The van der Waals surface area contributed by atoms with Crippen molar-refractivity contribution in [1.82, 2.24) is 15.5 Å². The molecule has 0 atom stereocenters. The maximum absolute atomic E-state index is 11.8. The van der Waals surface area contributed by atoms with Gasteiger partial charge in [-0.15, -0.1) is 0 Å². The van der Waals surface area contributed by atoms with Crippen LogP contribution in [0.5, 0.6) is 0 Å². The monoisotopic (exact) mass is 219 g/mol. The van der Waals surface area contributed by atoms with E-state index in [2.05, 4.69) is 15.5 Å². The third-order valence-electron chi connectivity index (χ3n) is 2.39. The van der Waals surface area contributed by atoms with Gasteiger partial charge in [-0.3, -0.25) is 9.89 Å². The Bertz CT molecular complexity index is 466. The van der Waals surface area contributed by atoms with Crippen LogP contribution in [0.2, 0.25) is 0 Å². The van der Waals surface area contributed by atoms with E-state index in [0.29, 0.717) is 17.8 Å². The summed E-state index contributed by atoms with van der Waals surface area (Å²) in [6, 6.07) is 1.81. The van der Waals surface area contributed by atoms with Crippen molar-refractivity contribution in [3.8, 4) is 0 Å². The second-order valence-electron chi connectivity index (χ2n) is 3.62. The van der Waals surface area contributed by atoms with Crippen LogP contribution in [0.15, 0.2) is 23.0 Å². The summed E-state index contributed by atoms with van der Waals surface area (Å²) >= 11 is 0. The first kappa shape index (κ1) is 10.5. The molecule has 0 saturated heterocycles. The number of furan rings is 1. The van der Waals surface area contributed by atoms with E-state index in [-0.39, 0.29) is 5.91 Å². The van der Waals surface area contributed by atoms with Crippen molar-refractivity contribution in [1.29, 1.82) is 0 Å². The van der Waals surface area contributed by atoms with Gasteiger partial charge in [-0.2, -0.15) is 5.10 Å². The molecule has 0 aliphatic rings. The molecule has 0 aromatic carbocycles. The number of aryl methyl sites for hydroxylation is 2. The van der Waals surface area contributed by atoms with E-state index < -0.39 is 0 Å². The molecule has 84 valence electrons. The average Bonchev–Trinajstić information content (AvgIpc) is 2.86. The van der Waals surface area contributed by atoms with Gasteiger partial charge in [-0.25, -0.2) is 0 Å². The topological polar surface area (TPSA) is 70.9 Å². The number of amides is 1. The van der Waals surface area contributed by atoms with Gasteiger partial charge in [0.2, 0.25) is 0 Å². The lowest BCUT2D eigenvalue weighted by Gasteiger charge is -2.03. The molecule has 0 aliphatic heterocycles. The molecule has 2 aromatic heterocycles. The molecule has 0 aliphatic carbocycles. The quantitative estimate of drug-likeness (QED) is 0.822. The average molecular weight is 219 g/mol. The molecule has 1 amide bonds. The fourth-order valence-corrected chi connectivity index (χ4v) is 1.55. The van der Waals surface area contributed by atoms with Gasteiger partial charge >= 0.3 is 0 Å². The minimum atomic E-state index is -0.120. The minimum Gasteiger partial charge on any atom is -0.472 e. The lowest BCUT2D eigenvalue weighted by atomic mass is 10.2. The van der Waals surface area contributed by atoms with Crippen LogP contribution in [0.1, 0.15) is 27.3 Å². The van der Waals surface area contributed by atoms with Crippen LogP contribution in [0.25, 0.3) is 0 Å². The van der Waals surface area contributed by atoms with E-state index in [1.165, 1.54) is 0 Å². The summed E-state index contributed by atoms with van der Waals surface area (Å²) in [5.74, 6) is -0.120. The highest BCUT2D eigenvalue weighted by Gasteiger charge is 2.14. The first-order chi connectivity index (χ1) is 7.68. The highest BCUT2D eigenvalue weighted by Crippen LogP contribution is 2.09. The van der Waals surface area contributed by atoms with Gasteiger partial charge < -0.3 is 9.73 Å². The molecule has 5 heteroatoms. The van der Waals surface area contributed by atoms with Crippen LogP contribution in [0, 0.1) is 13.8 Å². The van der Waals surface area contributed by atoms with Gasteiger partial charge in [0.1, 0.15) is 0 Å². The van der Waals surface area contributed by atoms with Crippen molar-refractivity contribution in [3.05, 3.63) is 41.1 Å². The standard InChI is InChI=1S/C11H13N3O2/c1-7-10(8(2)14-13-7)11(15)12-5-9-3-4-16-6-9/h3-4,6H,5H2,1-2H3,(H,12,15)(H,13,14). The Morgan fingerprint density at radius 3 is 2.94 bits per heavy atom. The van der Waals surface area contributed by atoms with Gasteiger partial charge in [-0.1, -0.05) is 0 Å². The molecule has 0 saturated carbocycles. The zero-order valence-electron chi connectivity index (χ0n) is 9.20. The molecular formula is C11H13N3O2. The van der Waals surface area contributed by atoms with Crippen LogP contribution in [-0.2, 0) is 6.54 Å². The second kappa shape index (κ2) is 4.22. The predicted octanol–water partition coefficient (Wildman–Crippen LogP) is 1.55. The molecule has 5 nitrogen and oxygen atoms in total. The zero-order chi connectivity index (χ0) is 11.5. The fraction of sp³-hybridized carbons (Fsp3) is 0.273. The summed E-state index contributed by atoms with van der Waals surface area (Å²) < 4.78 is 4.92. The van der Waals surface area contributed by atoms with Gasteiger partial charge in [0, 0.05) is 17.8 Å². The number of hydrogen-bond donors (Lipinski definition) is 2. The Hall–Kier alpha value is -2.04. The number of nitrogens with zero attached hydrogens (tertiary/aromatic N) is 1. The third-order valence-corrected chi connectivity index (χ3v) is 2.39. The highest BCUT2D eigenvalue weighted by molar-refractivity contribution is 5.96. The van der Waals surface area contributed by atoms with Crippen molar-refractivity contribution < 1.29 is 9.21 Å². The molecule has 0 spiro atoms. The van der Waals surface area contributed by atoms with Crippen molar-refractivity contribution in [3.63, 3.8) is 0 Å². The number of carbonyl (C=O) groups excluding carboxylic acids is 1. The second-order valence-corrected chi connectivity index (χ2v) is 3.62. The van der Waals surface area contributed by atoms with Gasteiger partial charge in [0.15, 0.2) is 0 Å². The summed E-state index contributed by atoms with van der Waals surface area (Å²) in [5.41, 5.74) is 3.04. The SMILES string of the molecule is Cc1n[nH]c(C)c1C(=O)NCc1ccoc1. The molecular weight excluding hydrogens is 206 g/mol. The molecule has 2 rings (SSSR count). The molecule has 0 unspecified atom stereocenters. The lowest BCUT2D eigenvalue weighted by Crippen LogP contribution is -2.23. The van der Waals surface area contributed by atoms with Crippen molar-refractivity contribution in [2.45, 2.75) is 20.4 Å². The summed E-state index contributed by atoms with van der Waals surface area (Å²) in [5, 5.41) is 9.57. The number of rotatable bonds is 3. The van der Waals surface area contributed by atoms with Crippen LogP contribution >= 0.6 is 0 Å². The zero-order valence-corrected chi connectivity index (χ0v) is 9.20. The number of H-pyrrole nitrogens is 1. The Labute approximate surface area is 92.9 Å². The van der Waals surface area contributed by atoms with E-state index in [9.17, 15) is 4.79 Å². The van der Waals surface area contributed by atoms with E-state index in [1.807, 2.05) is 13.0 Å². The van der Waals surface area contributed by atoms with Crippen LogP contribution < -0.4 is 5.32 Å². The fourth-order valence-electron chi connectivity index (χ4n) is 1.55. The molecule has 2 aromatic rings. The van der Waals surface area contributed by atoms with Crippen LogP contribution in [0.4, 0.5) is 0 Å². The predicted molar refractivity (Wildman–Crippen MR) is 57.9 cm³/mol. The van der Waals surface area contributed by atoms with E-state index in [1.54, 1.807) is 19.5 Å². The van der Waals surface area contributed by atoms with Gasteiger partial charge in [0.05, 0.1) is 23.8 Å². The summed E-state index contributed by atoms with van der Waals surface area (Å²) in [6.07, 6.45) is 3.19. The molecule has 2 N–H and O–H groups in total. The molecule has 0 bridgehead atoms. The van der Waals surface area contributed by atoms with Gasteiger partial charge in [0.25, 0.3) is 5.91 Å². The number of aromatic amines is 1. The van der Waals surface area contributed by atoms with Crippen molar-refractivity contribution >= 4 is 5.91 Å². The first-order valence-corrected chi connectivity index (χ1v) is 4.99. The van der Waals surface area contributed by atoms with E-state index in [0.717, 1.165) is 11.3 Å². The Morgan fingerprint density at radius 1 is 1.56 bits per heavy atom. The maximum atomic E-state index is 11.8. The Kier molecular flexibility index (Phi) is 2.76. The van der Waals surface area contributed by atoms with Crippen LogP contribution in [-0.4, -0.2) is 16.1 Å². The molecule has 0 fully saturated rings. The molecule has 0 radical (unpaired) electrons.